The molecule has 0 saturated carbocycles. The Hall–Kier alpha value is -2.89. The summed E-state index contributed by atoms with van der Waals surface area (Å²) >= 11 is 0. The molecule has 3 N–H and O–H groups in total. The first kappa shape index (κ1) is 34.4. The second-order valence-corrected chi connectivity index (χ2v) is 13.6. The quantitative estimate of drug-likeness (QED) is 0.236. The summed E-state index contributed by atoms with van der Waals surface area (Å²) < 4.78 is 5.19. The van der Waals surface area contributed by atoms with Crippen LogP contribution < -0.4 is 15.6 Å². The van der Waals surface area contributed by atoms with Crippen molar-refractivity contribution < 1.29 is 29.6 Å². The summed E-state index contributed by atoms with van der Waals surface area (Å²) in [7, 11) is 1.30. The summed E-state index contributed by atoms with van der Waals surface area (Å²) in [5.41, 5.74) is 5.71. The van der Waals surface area contributed by atoms with Crippen LogP contribution in [0.25, 0.3) is 33.4 Å². The van der Waals surface area contributed by atoms with Crippen molar-refractivity contribution in [1.29, 1.82) is 0 Å². The minimum absolute atomic E-state index is 0. The number of aliphatic carboxylic acids is 1. The van der Waals surface area contributed by atoms with Crippen molar-refractivity contribution >= 4 is 52.4 Å². The molecule has 0 aromatic carbocycles. The van der Waals surface area contributed by atoms with Crippen LogP contribution in [0, 0.1) is 36.5 Å². The zero-order chi connectivity index (χ0) is 32.5. The fourth-order valence-electron chi connectivity index (χ4n) is 8.76. The number of methoxy groups -OCH3 is 1. The smallest absolute Gasteiger partial charge is 0.685 e. The molecule has 1 aromatic heterocycles. The minimum atomic E-state index is -1.06. The summed E-state index contributed by atoms with van der Waals surface area (Å²) in [6.07, 6.45) is 4.46. The van der Waals surface area contributed by atoms with Gasteiger partial charge in [-0.15, -0.1) is 29.2 Å². The Kier molecular flexibility index (Phi) is 9.70. The standard InChI is InChI=1S/C35H44N4O6.Mg/c1-8-19-14(2)21-13-26-28(18(6)40)16(4)23(37-26)11-22-15(3)20(9-10-27(41)42)32(38-22)30-31(35(44)45-7)34(43)29-17(5)24(39-33(29)30)12-25(19)36-21;/h12,14-15,19-22,26,31-32,40,43H,8-11,13H2,1-7H3,(H,41,42);/q-4;+2/b25-12-,28-18-;/t14-,15+,19-,20+,21?,22?,26?,31-,32+;/m1./s1. The molecule has 0 radical (unpaired) electrons. The summed E-state index contributed by atoms with van der Waals surface area (Å²) in [4.78, 5) is 30.1. The molecular weight excluding hydrogens is 597 g/mol. The van der Waals surface area contributed by atoms with Gasteiger partial charge >= 0.3 is 35.0 Å². The van der Waals surface area contributed by atoms with E-state index in [1.54, 1.807) is 6.92 Å². The number of allylic oxidation sites excluding steroid dienone is 2. The van der Waals surface area contributed by atoms with E-state index in [1.807, 2.05) is 19.9 Å². The first-order valence-corrected chi connectivity index (χ1v) is 16.2. The third-order valence-electron chi connectivity index (χ3n) is 11.2. The maximum Gasteiger partial charge on any atom is 2.00 e. The molecular formula is C35H44MgN4O6-2. The van der Waals surface area contributed by atoms with Crippen molar-refractivity contribution in [2.24, 2.45) is 29.6 Å². The fraction of sp³-hybridized carbons (Fsp3) is 0.600. The van der Waals surface area contributed by atoms with Crippen LogP contribution in [0.1, 0.15) is 78.0 Å². The van der Waals surface area contributed by atoms with Crippen molar-refractivity contribution in [2.45, 2.75) is 97.8 Å². The van der Waals surface area contributed by atoms with Crippen LogP contribution in [0.2, 0.25) is 0 Å². The third kappa shape index (κ3) is 5.45. The molecule has 6 rings (SSSR count). The van der Waals surface area contributed by atoms with Gasteiger partial charge < -0.3 is 41.0 Å². The molecule has 4 aliphatic heterocycles. The van der Waals surface area contributed by atoms with E-state index >= 15 is 0 Å². The molecule has 10 nitrogen and oxygen atoms in total. The van der Waals surface area contributed by atoms with Crippen molar-refractivity contribution in [3.63, 3.8) is 0 Å². The summed E-state index contributed by atoms with van der Waals surface area (Å²) in [5, 5.41) is 48.9. The van der Waals surface area contributed by atoms with Gasteiger partial charge in [-0.3, -0.25) is 9.59 Å². The number of ether oxygens (including phenoxy) is 1. The Morgan fingerprint density at radius 2 is 1.80 bits per heavy atom. The van der Waals surface area contributed by atoms with Gasteiger partial charge in [0.15, 0.2) is 0 Å². The summed E-state index contributed by atoms with van der Waals surface area (Å²) in [5.74, 6) is -2.13. The Balaban J connectivity index is 0.00000417. The van der Waals surface area contributed by atoms with Gasteiger partial charge in [-0.1, -0.05) is 86.6 Å². The zero-order valence-corrected chi connectivity index (χ0v) is 29.3. The molecule has 9 atom stereocenters. The van der Waals surface area contributed by atoms with Crippen LogP contribution in [0.3, 0.4) is 0 Å². The molecule has 8 bridgehead atoms. The van der Waals surface area contributed by atoms with Gasteiger partial charge in [-0.2, -0.15) is 11.4 Å². The van der Waals surface area contributed by atoms with E-state index < -0.39 is 23.9 Å². The molecule has 244 valence electrons. The number of aliphatic hydroxyl groups is 2. The van der Waals surface area contributed by atoms with Gasteiger partial charge in [0.1, 0.15) is 11.7 Å². The normalized spacial score (nSPS) is 35.3. The number of hydrogen-bond donors (Lipinski definition) is 3. The van der Waals surface area contributed by atoms with Crippen molar-refractivity contribution in [1.82, 2.24) is 4.98 Å². The van der Waals surface area contributed by atoms with Crippen LogP contribution in [-0.4, -0.2) is 81.6 Å². The van der Waals surface area contributed by atoms with Crippen molar-refractivity contribution in [3.8, 4) is 0 Å². The second kappa shape index (κ2) is 13.0. The topological polar surface area (TPSA) is 160 Å². The Morgan fingerprint density at radius 1 is 1.09 bits per heavy atom. The summed E-state index contributed by atoms with van der Waals surface area (Å²) in [6.45, 7) is 12.1. The van der Waals surface area contributed by atoms with Crippen LogP contribution in [0.15, 0.2) is 28.3 Å². The van der Waals surface area contributed by atoms with Crippen molar-refractivity contribution in [3.05, 3.63) is 66.1 Å². The molecule has 5 aliphatic rings. The number of carboxylic acid groups (broad SMARTS) is 1. The van der Waals surface area contributed by atoms with Gasteiger partial charge in [0, 0.05) is 11.6 Å². The number of fused-ring (bicyclic) bond motifs is 8. The SMILES string of the molecule is CC[C@H]1/C2=C/c3[n-]c4c(c3C)=C(O)[C@H](C(=O)OC)C=4[C@H]3[N-]C(CC4=C(C)/C(=C(\C)O)C(CC([N-]2)[C@@H]1C)[N-]4)[C@@H](C)[C@@H]3CCC(=O)O.[Mg+2]. The van der Waals surface area contributed by atoms with Gasteiger partial charge in [0.25, 0.3) is 0 Å². The minimum Gasteiger partial charge on any atom is -0.685 e. The molecule has 3 unspecified atom stereocenters. The molecule has 46 heavy (non-hydrogen) atoms. The number of aliphatic hydroxyl groups excluding tert-OH is 2. The number of esters is 1. The van der Waals surface area contributed by atoms with E-state index in [0.29, 0.717) is 41.1 Å². The maximum atomic E-state index is 13.3. The molecule has 11 heteroatoms. The second-order valence-electron chi connectivity index (χ2n) is 13.6. The molecule has 1 aliphatic carbocycles. The fourth-order valence-corrected chi connectivity index (χ4v) is 8.76. The van der Waals surface area contributed by atoms with Crippen LogP contribution in [0.5, 0.6) is 0 Å². The third-order valence-corrected chi connectivity index (χ3v) is 11.2. The zero-order valence-electron chi connectivity index (χ0n) is 27.9. The number of aromatic nitrogens is 1. The van der Waals surface area contributed by atoms with E-state index in [-0.39, 0.29) is 82.8 Å². The van der Waals surface area contributed by atoms with E-state index in [0.717, 1.165) is 34.5 Å². The Morgan fingerprint density at radius 3 is 2.43 bits per heavy atom. The molecule has 2 fully saturated rings. The van der Waals surface area contributed by atoms with Crippen molar-refractivity contribution in [2.75, 3.05) is 7.11 Å². The first-order chi connectivity index (χ1) is 21.4. The largest absolute Gasteiger partial charge is 2.00 e. The maximum absolute atomic E-state index is 13.3. The van der Waals surface area contributed by atoms with Gasteiger partial charge in [0.2, 0.25) is 0 Å². The van der Waals surface area contributed by atoms with Crippen LogP contribution in [0.4, 0.5) is 0 Å². The number of carboxylic acids is 1. The van der Waals surface area contributed by atoms with Crippen LogP contribution in [-0.2, 0) is 14.3 Å². The van der Waals surface area contributed by atoms with E-state index in [1.165, 1.54) is 7.11 Å². The van der Waals surface area contributed by atoms with Gasteiger partial charge in [-0.05, 0) is 38.7 Å². The van der Waals surface area contributed by atoms with Gasteiger partial charge in [-0.25, -0.2) is 0 Å². The predicted octanol–water partition coefficient (Wildman–Crippen LogP) is 4.85. The first-order valence-electron chi connectivity index (χ1n) is 16.2. The van der Waals surface area contributed by atoms with E-state index in [2.05, 4.69) is 20.8 Å². The molecule has 0 amide bonds. The number of carbonyl (C=O) groups excluding carboxylic acids is 1. The number of carbonyl (C=O) groups is 2. The average molecular weight is 641 g/mol. The number of nitrogens with zero attached hydrogens (tertiary/aromatic N) is 4. The number of rotatable bonds is 5. The molecule has 0 spiro atoms. The van der Waals surface area contributed by atoms with Crippen LogP contribution >= 0.6 is 0 Å². The monoisotopic (exact) mass is 640 g/mol. The van der Waals surface area contributed by atoms with E-state index in [4.69, 9.17) is 25.7 Å². The molecule has 1 aromatic rings. The average Bonchev–Trinajstić information content (AvgIpc) is 3.72. The predicted molar refractivity (Wildman–Crippen MR) is 177 cm³/mol. The molecule has 5 heterocycles. The summed E-state index contributed by atoms with van der Waals surface area (Å²) in [6, 6.07) is -0.962. The van der Waals surface area contributed by atoms with Gasteiger partial charge in [0.05, 0.1) is 12.9 Å². The Bertz CT molecular complexity index is 1650. The van der Waals surface area contributed by atoms with E-state index in [9.17, 15) is 24.9 Å². The number of hydrogen-bond acceptors (Lipinski definition) is 5. The molecule has 2 saturated heterocycles. The Labute approximate surface area is 286 Å².